The maximum absolute atomic E-state index is 11.9. The number of aromatic nitrogens is 1. The lowest BCUT2D eigenvalue weighted by Crippen LogP contribution is -2.31. The predicted octanol–water partition coefficient (Wildman–Crippen LogP) is 0.890. The van der Waals surface area contributed by atoms with Crippen LogP contribution in [0.2, 0.25) is 0 Å². The number of rotatable bonds is 3. The molecule has 0 saturated carbocycles. The van der Waals surface area contributed by atoms with Crippen LogP contribution in [0, 0.1) is 11.3 Å². The number of aliphatic hydroxyl groups excluding tert-OH is 1. The number of hydrogen-bond acceptors (Lipinski definition) is 5. The molecule has 0 aliphatic carbocycles. The van der Waals surface area contributed by atoms with Gasteiger partial charge in [-0.15, -0.1) is 0 Å². The fraction of sp³-hybridized carbons (Fsp3) is 0.231. The number of aliphatic hydroxyl groups is 1. The first kappa shape index (κ1) is 12.8. The Kier molecular flexibility index (Phi) is 3.29. The SMILES string of the molecule is CC(=O)C1=C(O)C(=O)N(CC#N)[C@@H]1c1cccnc1. The molecule has 0 bridgehead atoms. The first-order valence-electron chi connectivity index (χ1n) is 5.59. The van der Waals surface area contributed by atoms with Gasteiger partial charge >= 0.3 is 0 Å². The van der Waals surface area contributed by atoms with Crippen molar-refractivity contribution in [3.63, 3.8) is 0 Å². The minimum atomic E-state index is -0.752. The number of nitrogens with zero attached hydrogens (tertiary/aromatic N) is 3. The lowest BCUT2D eigenvalue weighted by Gasteiger charge is -2.23. The van der Waals surface area contributed by atoms with E-state index in [1.54, 1.807) is 18.3 Å². The molecular formula is C13H11N3O3. The second-order valence-corrected chi connectivity index (χ2v) is 4.10. The van der Waals surface area contributed by atoms with Crippen LogP contribution >= 0.6 is 0 Å². The topological polar surface area (TPSA) is 94.3 Å². The Morgan fingerprint density at radius 3 is 2.89 bits per heavy atom. The second kappa shape index (κ2) is 4.90. The largest absolute Gasteiger partial charge is 0.503 e. The van der Waals surface area contributed by atoms with E-state index < -0.39 is 23.5 Å². The molecule has 1 aromatic rings. The lowest BCUT2D eigenvalue weighted by molar-refractivity contribution is -0.128. The van der Waals surface area contributed by atoms with Gasteiger partial charge in [-0.05, 0) is 18.6 Å². The Morgan fingerprint density at radius 1 is 1.63 bits per heavy atom. The van der Waals surface area contributed by atoms with Crippen molar-refractivity contribution < 1.29 is 14.7 Å². The van der Waals surface area contributed by atoms with E-state index in [0.717, 1.165) is 4.90 Å². The van der Waals surface area contributed by atoms with Crippen LogP contribution in [0.15, 0.2) is 35.9 Å². The molecule has 2 heterocycles. The molecule has 1 aliphatic rings. The van der Waals surface area contributed by atoms with E-state index in [2.05, 4.69) is 4.98 Å². The Balaban J connectivity index is 2.55. The number of carbonyl (C=O) groups excluding carboxylic acids is 2. The molecular weight excluding hydrogens is 246 g/mol. The Morgan fingerprint density at radius 2 is 2.37 bits per heavy atom. The number of amides is 1. The minimum Gasteiger partial charge on any atom is -0.503 e. The lowest BCUT2D eigenvalue weighted by atomic mass is 9.98. The van der Waals surface area contributed by atoms with Gasteiger partial charge in [0.15, 0.2) is 11.5 Å². The zero-order valence-corrected chi connectivity index (χ0v) is 10.2. The van der Waals surface area contributed by atoms with Gasteiger partial charge in [-0.25, -0.2) is 0 Å². The van der Waals surface area contributed by atoms with Crippen molar-refractivity contribution >= 4 is 11.7 Å². The molecule has 0 radical (unpaired) electrons. The third-order valence-corrected chi connectivity index (χ3v) is 2.92. The van der Waals surface area contributed by atoms with Crippen LogP contribution < -0.4 is 0 Å². The molecule has 6 heteroatoms. The Hall–Kier alpha value is -2.68. The molecule has 0 saturated heterocycles. The highest BCUT2D eigenvalue weighted by Gasteiger charge is 2.42. The molecule has 0 spiro atoms. The molecule has 19 heavy (non-hydrogen) atoms. The number of nitriles is 1. The van der Waals surface area contributed by atoms with Crippen LogP contribution in [0.5, 0.6) is 0 Å². The van der Waals surface area contributed by atoms with E-state index in [1.807, 2.05) is 6.07 Å². The maximum atomic E-state index is 11.9. The molecule has 0 fully saturated rings. The first-order valence-corrected chi connectivity index (χ1v) is 5.59. The second-order valence-electron chi connectivity index (χ2n) is 4.10. The summed E-state index contributed by atoms with van der Waals surface area (Å²) >= 11 is 0. The fourth-order valence-electron chi connectivity index (χ4n) is 2.14. The third-order valence-electron chi connectivity index (χ3n) is 2.92. The maximum Gasteiger partial charge on any atom is 0.290 e. The van der Waals surface area contributed by atoms with Gasteiger partial charge in [-0.3, -0.25) is 14.6 Å². The summed E-state index contributed by atoms with van der Waals surface area (Å²) in [6.07, 6.45) is 3.07. The van der Waals surface area contributed by atoms with Gasteiger partial charge in [-0.1, -0.05) is 6.07 Å². The summed E-state index contributed by atoms with van der Waals surface area (Å²) in [4.78, 5) is 28.6. The van der Waals surface area contributed by atoms with Crippen molar-refractivity contribution in [2.45, 2.75) is 13.0 Å². The summed E-state index contributed by atoms with van der Waals surface area (Å²) in [5.41, 5.74) is 0.591. The van der Waals surface area contributed by atoms with E-state index in [9.17, 15) is 14.7 Å². The van der Waals surface area contributed by atoms with Gasteiger partial charge < -0.3 is 10.0 Å². The highest BCUT2D eigenvalue weighted by atomic mass is 16.3. The zero-order chi connectivity index (χ0) is 14.0. The summed E-state index contributed by atoms with van der Waals surface area (Å²) < 4.78 is 0. The van der Waals surface area contributed by atoms with Crippen LogP contribution in [0.3, 0.4) is 0 Å². The van der Waals surface area contributed by atoms with Crippen molar-refractivity contribution in [3.05, 3.63) is 41.4 Å². The summed E-state index contributed by atoms with van der Waals surface area (Å²) in [6, 6.07) is 4.46. The zero-order valence-electron chi connectivity index (χ0n) is 10.2. The van der Waals surface area contributed by atoms with Crippen LogP contribution in [-0.4, -0.2) is 33.2 Å². The molecule has 1 amide bonds. The Bertz CT molecular complexity index is 601. The smallest absolute Gasteiger partial charge is 0.290 e. The quantitative estimate of drug-likeness (QED) is 0.811. The monoisotopic (exact) mass is 257 g/mol. The van der Waals surface area contributed by atoms with E-state index in [1.165, 1.54) is 13.1 Å². The van der Waals surface area contributed by atoms with Crippen molar-refractivity contribution in [2.24, 2.45) is 0 Å². The highest BCUT2D eigenvalue weighted by molar-refractivity contribution is 6.08. The van der Waals surface area contributed by atoms with Crippen molar-refractivity contribution in [1.29, 1.82) is 5.26 Å². The number of ketones is 1. The minimum absolute atomic E-state index is 0.00764. The van der Waals surface area contributed by atoms with Gasteiger partial charge in [0, 0.05) is 12.4 Å². The van der Waals surface area contributed by atoms with Crippen LogP contribution in [0.25, 0.3) is 0 Å². The normalized spacial score (nSPS) is 18.6. The summed E-state index contributed by atoms with van der Waals surface area (Å²) in [7, 11) is 0. The number of Topliss-reactive ketones (excluding diaryl/α,β-unsaturated/α-hetero) is 1. The number of hydrogen-bond donors (Lipinski definition) is 1. The predicted molar refractivity (Wildman–Crippen MR) is 64.6 cm³/mol. The third kappa shape index (κ3) is 2.06. The van der Waals surface area contributed by atoms with Crippen molar-refractivity contribution in [1.82, 2.24) is 9.88 Å². The average molecular weight is 257 g/mol. The molecule has 6 nitrogen and oxygen atoms in total. The molecule has 1 N–H and O–H groups in total. The van der Waals surface area contributed by atoms with Gasteiger partial charge in [0.05, 0.1) is 17.7 Å². The molecule has 0 aromatic carbocycles. The summed E-state index contributed by atoms with van der Waals surface area (Å²) in [6.45, 7) is 1.07. The summed E-state index contributed by atoms with van der Waals surface area (Å²) in [5.74, 6) is -1.70. The number of pyridine rings is 1. The molecule has 0 unspecified atom stereocenters. The van der Waals surface area contributed by atoms with Crippen LogP contribution in [-0.2, 0) is 9.59 Å². The summed E-state index contributed by atoms with van der Waals surface area (Å²) in [5, 5.41) is 18.6. The molecule has 96 valence electrons. The van der Waals surface area contributed by atoms with Crippen molar-refractivity contribution in [3.8, 4) is 6.07 Å². The van der Waals surface area contributed by atoms with E-state index >= 15 is 0 Å². The molecule has 1 aromatic heterocycles. The van der Waals surface area contributed by atoms with Gasteiger partial charge in [0.2, 0.25) is 0 Å². The molecule has 2 rings (SSSR count). The Labute approximate surface area is 109 Å². The van der Waals surface area contributed by atoms with Gasteiger partial charge in [0.25, 0.3) is 5.91 Å². The molecule has 1 aliphatic heterocycles. The van der Waals surface area contributed by atoms with Gasteiger partial charge in [0.1, 0.15) is 6.54 Å². The van der Waals surface area contributed by atoms with E-state index in [0.29, 0.717) is 5.56 Å². The van der Waals surface area contributed by atoms with Crippen LogP contribution in [0.1, 0.15) is 18.5 Å². The average Bonchev–Trinajstić information content (AvgIpc) is 2.65. The van der Waals surface area contributed by atoms with Crippen molar-refractivity contribution in [2.75, 3.05) is 6.54 Å². The fourth-order valence-corrected chi connectivity index (χ4v) is 2.14. The van der Waals surface area contributed by atoms with Crippen LogP contribution in [0.4, 0.5) is 0 Å². The first-order chi connectivity index (χ1) is 9.07. The molecule has 1 atom stereocenters. The standard InChI is InChI=1S/C13H11N3O3/c1-8(17)10-11(9-3-2-5-15-7-9)16(6-4-14)13(19)12(10)18/h2-3,5,7,11,18H,6H2,1H3/t11-/m1/s1. The number of carbonyl (C=O) groups is 2. The van der Waals surface area contributed by atoms with E-state index in [-0.39, 0.29) is 12.1 Å². The highest BCUT2D eigenvalue weighted by Crippen LogP contribution is 2.36. The van der Waals surface area contributed by atoms with Gasteiger partial charge in [-0.2, -0.15) is 5.26 Å². The van der Waals surface area contributed by atoms with E-state index in [4.69, 9.17) is 5.26 Å².